The summed E-state index contributed by atoms with van der Waals surface area (Å²) in [4.78, 5) is 11.0. The first-order valence-electron chi connectivity index (χ1n) is 5.91. The smallest absolute Gasteiger partial charge is 0.326 e. The number of halogens is 1. The van der Waals surface area contributed by atoms with Crippen LogP contribution >= 0.6 is 0 Å². The van der Waals surface area contributed by atoms with Crippen LogP contribution < -0.4 is 10.1 Å². The van der Waals surface area contributed by atoms with Gasteiger partial charge in [-0.05, 0) is 18.6 Å². The first-order chi connectivity index (χ1) is 8.58. The van der Waals surface area contributed by atoms with Crippen molar-refractivity contribution in [3.8, 4) is 5.75 Å². The van der Waals surface area contributed by atoms with E-state index in [0.29, 0.717) is 12.1 Å². The van der Waals surface area contributed by atoms with Gasteiger partial charge < -0.3 is 15.2 Å². The van der Waals surface area contributed by atoms with Crippen LogP contribution in [0.25, 0.3) is 0 Å². The van der Waals surface area contributed by atoms with Gasteiger partial charge in [-0.3, -0.25) is 0 Å². The van der Waals surface area contributed by atoms with Crippen LogP contribution in [0.2, 0.25) is 0 Å². The number of aliphatic carboxylic acids is 1. The van der Waals surface area contributed by atoms with Crippen LogP contribution in [0.15, 0.2) is 18.2 Å². The Balaban J connectivity index is 2.74. The molecule has 1 aromatic rings. The number of anilines is 1. The second-order valence-corrected chi connectivity index (χ2v) is 4.03. The van der Waals surface area contributed by atoms with Gasteiger partial charge in [0.15, 0.2) is 11.6 Å². The zero-order valence-corrected chi connectivity index (χ0v) is 10.6. The fourth-order valence-corrected chi connectivity index (χ4v) is 1.62. The molecule has 18 heavy (non-hydrogen) atoms. The second-order valence-electron chi connectivity index (χ2n) is 4.03. The van der Waals surface area contributed by atoms with Gasteiger partial charge in [0, 0.05) is 11.8 Å². The van der Waals surface area contributed by atoms with Crippen molar-refractivity contribution in [2.24, 2.45) is 0 Å². The third kappa shape index (κ3) is 3.91. The zero-order valence-electron chi connectivity index (χ0n) is 10.6. The van der Waals surface area contributed by atoms with Gasteiger partial charge in [0.2, 0.25) is 0 Å². The minimum atomic E-state index is -0.931. The van der Waals surface area contributed by atoms with E-state index in [1.165, 1.54) is 19.2 Å². The molecule has 4 nitrogen and oxygen atoms in total. The number of unbranched alkanes of at least 4 members (excludes halogenated alkanes) is 1. The average molecular weight is 255 g/mol. The molecule has 1 aromatic carbocycles. The van der Waals surface area contributed by atoms with Gasteiger partial charge in [0.25, 0.3) is 0 Å². The van der Waals surface area contributed by atoms with E-state index in [4.69, 9.17) is 9.84 Å². The molecule has 0 amide bonds. The number of nitrogens with one attached hydrogen (secondary N) is 1. The summed E-state index contributed by atoms with van der Waals surface area (Å²) in [5.74, 6) is -1.30. The average Bonchev–Trinajstić information content (AvgIpc) is 2.34. The number of hydrogen-bond acceptors (Lipinski definition) is 3. The minimum absolute atomic E-state index is 0.140. The molecule has 0 heterocycles. The Labute approximate surface area is 106 Å². The van der Waals surface area contributed by atoms with E-state index in [9.17, 15) is 9.18 Å². The lowest BCUT2D eigenvalue weighted by atomic mass is 10.1. The maximum Gasteiger partial charge on any atom is 0.326 e. The quantitative estimate of drug-likeness (QED) is 0.786. The van der Waals surface area contributed by atoms with E-state index in [-0.39, 0.29) is 5.75 Å². The summed E-state index contributed by atoms with van der Waals surface area (Å²) >= 11 is 0. The van der Waals surface area contributed by atoms with Crippen LogP contribution in [0.3, 0.4) is 0 Å². The number of carboxylic acid groups (broad SMARTS) is 1. The number of carbonyl (C=O) groups is 1. The zero-order chi connectivity index (χ0) is 13.5. The molecule has 5 heteroatoms. The monoisotopic (exact) mass is 255 g/mol. The highest BCUT2D eigenvalue weighted by Crippen LogP contribution is 2.21. The molecule has 1 rings (SSSR count). The van der Waals surface area contributed by atoms with Gasteiger partial charge in [-0.15, -0.1) is 0 Å². The van der Waals surface area contributed by atoms with Gasteiger partial charge in [-0.1, -0.05) is 19.8 Å². The molecule has 0 spiro atoms. The Hall–Kier alpha value is -1.78. The second kappa shape index (κ2) is 6.83. The standard InChI is InChI=1S/C13H18FNO3/c1-3-4-5-11(13(16)17)15-9-6-7-12(18-2)10(14)8-9/h6-8,11,15H,3-5H2,1-2H3,(H,16,17). The Kier molecular flexibility index (Phi) is 5.42. The van der Waals surface area contributed by atoms with Gasteiger partial charge in [0.1, 0.15) is 6.04 Å². The summed E-state index contributed by atoms with van der Waals surface area (Å²) in [5.41, 5.74) is 0.441. The molecule has 0 radical (unpaired) electrons. The molecule has 0 saturated carbocycles. The van der Waals surface area contributed by atoms with Crippen molar-refractivity contribution in [1.82, 2.24) is 0 Å². The molecule has 0 aliphatic rings. The number of hydrogen-bond donors (Lipinski definition) is 2. The summed E-state index contributed by atoms with van der Waals surface area (Å²) in [5, 5.41) is 11.9. The summed E-state index contributed by atoms with van der Waals surface area (Å²) < 4.78 is 18.2. The van der Waals surface area contributed by atoms with Gasteiger partial charge in [-0.2, -0.15) is 0 Å². The first kappa shape index (κ1) is 14.3. The molecule has 2 N–H and O–H groups in total. The Morgan fingerprint density at radius 1 is 1.56 bits per heavy atom. The molecular weight excluding hydrogens is 237 g/mol. The minimum Gasteiger partial charge on any atom is -0.494 e. The fraction of sp³-hybridized carbons (Fsp3) is 0.462. The van der Waals surface area contributed by atoms with Crippen molar-refractivity contribution in [3.05, 3.63) is 24.0 Å². The summed E-state index contributed by atoms with van der Waals surface area (Å²) in [7, 11) is 1.38. The van der Waals surface area contributed by atoms with Gasteiger partial charge in [-0.25, -0.2) is 9.18 Å². The molecule has 0 aliphatic carbocycles. The highest BCUT2D eigenvalue weighted by atomic mass is 19.1. The van der Waals surface area contributed by atoms with Crippen molar-refractivity contribution >= 4 is 11.7 Å². The van der Waals surface area contributed by atoms with Crippen molar-refractivity contribution < 1.29 is 19.0 Å². The summed E-state index contributed by atoms with van der Waals surface area (Å²) in [6, 6.07) is 3.61. The number of carboxylic acids is 1. The normalized spacial score (nSPS) is 11.9. The van der Waals surface area contributed by atoms with Crippen LogP contribution in [0.5, 0.6) is 5.75 Å². The Bertz CT molecular complexity index is 409. The lowest BCUT2D eigenvalue weighted by Crippen LogP contribution is -2.29. The predicted molar refractivity (Wildman–Crippen MR) is 67.5 cm³/mol. The first-order valence-corrected chi connectivity index (χ1v) is 5.91. The third-order valence-corrected chi connectivity index (χ3v) is 2.64. The molecule has 0 bridgehead atoms. The summed E-state index contributed by atoms with van der Waals surface area (Å²) in [6.07, 6.45) is 2.24. The molecule has 0 aliphatic heterocycles. The number of ether oxygens (including phenoxy) is 1. The van der Waals surface area contributed by atoms with E-state index in [0.717, 1.165) is 12.8 Å². The SMILES string of the molecule is CCCCC(Nc1ccc(OC)c(F)c1)C(=O)O. The lowest BCUT2D eigenvalue weighted by Gasteiger charge is -2.15. The largest absolute Gasteiger partial charge is 0.494 e. The van der Waals surface area contributed by atoms with Crippen molar-refractivity contribution in [2.45, 2.75) is 32.2 Å². The maximum atomic E-state index is 13.4. The maximum absolute atomic E-state index is 13.4. The number of benzene rings is 1. The van der Waals surface area contributed by atoms with E-state index >= 15 is 0 Å². The highest BCUT2D eigenvalue weighted by molar-refractivity contribution is 5.77. The molecular formula is C13H18FNO3. The van der Waals surface area contributed by atoms with Gasteiger partial charge >= 0.3 is 5.97 Å². The lowest BCUT2D eigenvalue weighted by molar-refractivity contribution is -0.138. The van der Waals surface area contributed by atoms with E-state index in [1.54, 1.807) is 6.07 Å². The predicted octanol–water partition coefficient (Wildman–Crippen LogP) is 2.89. The Morgan fingerprint density at radius 3 is 2.78 bits per heavy atom. The molecule has 0 saturated heterocycles. The van der Waals surface area contributed by atoms with Crippen molar-refractivity contribution in [1.29, 1.82) is 0 Å². The molecule has 0 fully saturated rings. The molecule has 100 valence electrons. The topological polar surface area (TPSA) is 58.6 Å². The summed E-state index contributed by atoms with van der Waals surface area (Å²) in [6.45, 7) is 1.99. The van der Waals surface area contributed by atoms with E-state index < -0.39 is 17.8 Å². The van der Waals surface area contributed by atoms with Crippen LogP contribution in [0, 0.1) is 5.82 Å². The number of methoxy groups -OCH3 is 1. The Morgan fingerprint density at radius 2 is 2.28 bits per heavy atom. The van der Waals surface area contributed by atoms with Crippen LogP contribution in [0.4, 0.5) is 10.1 Å². The third-order valence-electron chi connectivity index (χ3n) is 2.64. The molecule has 1 atom stereocenters. The van der Waals surface area contributed by atoms with Crippen molar-refractivity contribution in [2.75, 3.05) is 12.4 Å². The fourth-order valence-electron chi connectivity index (χ4n) is 1.62. The highest BCUT2D eigenvalue weighted by Gasteiger charge is 2.16. The molecule has 1 unspecified atom stereocenters. The van der Waals surface area contributed by atoms with E-state index in [1.807, 2.05) is 6.92 Å². The van der Waals surface area contributed by atoms with Crippen LogP contribution in [-0.2, 0) is 4.79 Å². The van der Waals surface area contributed by atoms with Crippen LogP contribution in [-0.4, -0.2) is 24.2 Å². The van der Waals surface area contributed by atoms with Crippen molar-refractivity contribution in [3.63, 3.8) is 0 Å². The van der Waals surface area contributed by atoms with Gasteiger partial charge in [0.05, 0.1) is 7.11 Å². The van der Waals surface area contributed by atoms with Crippen LogP contribution in [0.1, 0.15) is 26.2 Å². The number of rotatable bonds is 7. The van der Waals surface area contributed by atoms with E-state index in [2.05, 4.69) is 5.32 Å². The molecule has 0 aromatic heterocycles.